The molecule has 2 saturated carbocycles. The maximum atomic E-state index is 12.2. The summed E-state index contributed by atoms with van der Waals surface area (Å²) in [6, 6.07) is 11.2. The highest BCUT2D eigenvalue weighted by molar-refractivity contribution is 5.52. The Balaban J connectivity index is 1.81. The number of carbonyl (C=O) groups excluding carboxylic acids is 1. The third-order valence-corrected chi connectivity index (χ3v) is 6.66. The molecule has 0 N–H and O–H groups in total. The van der Waals surface area contributed by atoms with E-state index in [1.54, 1.807) is 0 Å². The SMILES string of the molecule is CC(C)(C)C1CCC(N(C=O)C2(c3ccccc3)CCCC2)CC1. The van der Waals surface area contributed by atoms with E-state index in [-0.39, 0.29) is 5.54 Å². The van der Waals surface area contributed by atoms with Gasteiger partial charge in [-0.15, -0.1) is 0 Å². The molecular formula is C22H33NO. The number of carbonyl (C=O) groups is 1. The van der Waals surface area contributed by atoms with Crippen molar-refractivity contribution in [2.45, 2.75) is 83.7 Å². The van der Waals surface area contributed by atoms with Crippen LogP contribution in [0.4, 0.5) is 0 Å². The van der Waals surface area contributed by atoms with Crippen LogP contribution in [0.25, 0.3) is 0 Å². The van der Waals surface area contributed by atoms with Crippen molar-refractivity contribution in [2.75, 3.05) is 0 Å². The zero-order chi connectivity index (χ0) is 17.2. The van der Waals surface area contributed by atoms with E-state index in [4.69, 9.17) is 0 Å². The summed E-state index contributed by atoms with van der Waals surface area (Å²) in [6.07, 6.45) is 10.7. The van der Waals surface area contributed by atoms with Crippen LogP contribution in [0.15, 0.2) is 30.3 Å². The molecule has 0 spiro atoms. The van der Waals surface area contributed by atoms with Gasteiger partial charge in [-0.05, 0) is 55.4 Å². The third kappa shape index (κ3) is 3.25. The van der Waals surface area contributed by atoms with Crippen LogP contribution in [-0.2, 0) is 10.3 Å². The van der Waals surface area contributed by atoms with E-state index < -0.39 is 0 Å². The van der Waals surface area contributed by atoms with Crippen molar-refractivity contribution in [3.8, 4) is 0 Å². The Bertz CT molecular complexity index is 531. The van der Waals surface area contributed by atoms with Crippen molar-refractivity contribution in [3.05, 3.63) is 35.9 Å². The van der Waals surface area contributed by atoms with Crippen LogP contribution in [0.1, 0.15) is 77.7 Å². The molecule has 24 heavy (non-hydrogen) atoms. The molecule has 2 aliphatic rings. The number of nitrogens with zero attached hydrogens (tertiary/aromatic N) is 1. The fraction of sp³-hybridized carbons (Fsp3) is 0.682. The lowest BCUT2D eigenvalue weighted by molar-refractivity contribution is -0.129. The molecule has 0 unspecified atom stereocenters. The predicted molar refractivity (Wildman–Crippen MR) is 99.7 cm³/mol. The fourth-order valence-corrected chi connectivity index (χ4v) is 5.16. The minimum Gasteiger partial charge on any atom is -0.333 e. The van der Waals surface area contributed by atoms with Gasteiger partial charge in [0.15, 0.2) is 0 Å². The summed E-state index contributed by atoms with van der Waals surface area (Å²) in [5.74, 6) is 0.790. The second-order valence-electron chi connectivity index (χ2n) is 8.99. The average molecular weight is 328 g/mol. The average Bonchev–Trinajstić information content (AvgIpc) is 3.07. The second kappa shape index (κ2) is 6.90. The molecule has 1 aromatic carbocycles. The summed E-state index contributed by atoms with van der Waals surface area (Å²) < 4.78 is 0. The normalized spacial score (nSPS) is 27.0. The van der Waals surface area contributed by atoms with Gasteiger partial charge in [-0.1, -0.05) is 63.9 Å². The summed E-state index contributed by atoms with van der Waals surface area (Å²) in [7, 11) is 0. The molecule has 2 nitrogen and oxygen atoms in total. The first-order chi connectivity index (χ1) is 11.5. The Morgan fingerprint density at radius 2 is 1.58 bits per heavy atom. The number of rotatable bonds is 4. The number of hydrogen-bond donors (Lipinski definition) is 0. The summed E-state index contributed by atoms with van der Waals surface area (Å²) in [5.41, 5.74) is 1.68. The summed E-state index contributed by atoms with van der Waals surface area (Å²) in [5, 5.41) is 0. The van der Waals surface area contributed by atoms with Crippen LogP contribution in [0, 0.1) is 11.3 Å². The van der Waals surface area contributed by atoms with E-state index >= 15 is 0 Å². The van der Waals surface area contributed by atoms with Crippen molar-refractivity contribution in [2.24, 2.45) is 11.3 Å². The lowest BCUT2D eigenvalue weighted by atomic mass is 9.70. The highest BCUT2D eigenvalue weighted by Crippen LogP contribution is 2.47. The van der Waals surface area contributed by atoms with Crippen molar-refractivity contribution in [1.82, 2.24) is 4.90 Å². The molecule has 0 bridgehead atoms. The molecule has 0 heterocycles. The molecule has 0 atom stereocenters. The summed E-state index contributed by atoms with van der Waals surface area (Å²) in [6.45, 7) is 7.08. The molecule has 2 heteroatoms. The van der Waals surface area contributed by atoms with Gasteiger partial charge in [0.1, 0.15) is 0 Å². The Hall–Kier alpha value is -1.31. The van der Waals surface area contributed by atoms with Crippen LogP contribution >= 0.6 is 0 Å². The highest BCUT2D eigenvalue weighted by Gasteiger charge is 2.44. The molecule has 0 aromatic heterocycles. The maximum absolute atomic E-state index is 12.2. The fourth-order valence-electron chi connectivity index (χ4n) is 5.16. The van der Waals surface area contributed by atoms with Gasteiger partial charge >= 0.3 is 0 Å². The molecule has 132 valence electrons. The van der Waals surface area contributed by atoms with Gasteiger partial charge in [-0.3, -0.25) is 4.79 Å². The summed E-state index contributed by atoms with van der Waals surface area (Å²) in [4.78, 5) is 14.4. The van der Waals surface area contributed by atoms with Crippen LogP contribution in [-0.4, -0.2) is 17.4 Å². The Labute approximate surface area is 147 Å². The largest absolute Gasteiger partial charge is 0.333 e. The molecule has 0 saturated heterocycles. The second-order valence-corrected chi connectivity index (χ2v) is 8.99. The van der Waals surface area contributed by atoms with Crippen molar-refractivity contribution < 1.29 is 4.79 Å². The minimum atomic E-state index is -0.0533. The van der Waals surface area contributed by atoms with E-state index in [1.165, 1.54) is 37.7 Å². The monoisotopic (exact) mass is 327 g/mol. The molecule has 0 aliphatic heterocycles. The van der Waals surface area contributed by atoms with Crippen molar-refractivity contribution >= 4 is 6.41 Å². The van der Waals surface area contributed by atoms with E-state index in [0.29, 0.717) is 11.5 Å². The molecule has 1 amide bonds. The molecule has 3 rings (SSSR count). The first kappa shape index (κ1) is 17.5. The maximum Gasteiger partial charge on any atom is 0.210 e. The molecule has 0 radical (unpaired) electrons. The zero-order valence-electron chi connectivity index (χ0n) is 15.6. The Kier molecular flexibility index (Phi) is 5.03. The van der Waals surface area contributed by atoms with Gasteiger partial charge in [-0.2, -0.15) is 0 Å². The van der Waals surface area contributed by atoms with E-state index in [0.717, 1.165) is 31.6 Å². The van der Waals surface area contributed by atoms with Gasteiger partial charge in [-0.25, -0.2) is 0 Å². The number of benzene rings is 1. The van der Waals surface area contributed by atoms with Crippen LogP contribution in [0.2, 0.25) is 0 Å². The highest BCUT2D eigenvalue weighted by atomic mass is 16.1. The zero-order valence-corrected chi connectivity index (χ0v) is 15.6. The smallest absolute Gasteiger partial charge is 0.210 e. The Morgan fingerprint density at radius 3 is 2.08 bits per heavy atom. The lowest BCUT2D eigenvalue weighted by Gasteiger charge is -2.47. The number of hydrogen-bond acceptors (Lipinski definition) is 1. The summed E-state index contributed by atoms with van der Waals surface area (Å²) >= 11 is 0. The van der Waals surface area contributed by atoms with Crippen LogP contribution < -0.4 is 0 Å². The van der Waals surface area contributed by atoms with Gasteiger partial charge in [0, 0.05) is 6.04 Å². The van der Waals surface area contributed by atoms with Gasteiger partial charge in [0.05, 0.1) is 5.54 Å². The van der Waals surface area contributed by atoms with Crippen molar-refractivity contribution in [3.63, 3.8) is 0 Å². The van der Waals surface area contributed by atoms with Crippen LogP contribution in [0.3, 0.4) is 0 Å². The molecule has 2 fully saturated rings. The van der Waals surface area contributed by atoms with Gasteiger partial charge in [0.2, 0.25) is 6.41 Å². The van der Waals surface area contributed by atoms with Gasteiger partial charge < -0.3 is 4.90 Å². The Morgan fingerprint density at radius 1 is 1.00 bits per heavy atom. The predicted octanol–water partition coefficient (Wildman–Crippen LogP) is 5.52. The first-order valence-corrected chi connectivity index (χ1v) is 9.77. The number of amides is 1. The lowest BCUT2D eigenvalue weighted by Crippen LogP contribution is -2.50. The standard InChI is InChI=1S/C22H33NO/c1-21(2,3)18-11-13-20(14-12-18)23(17-24)22(15-7-8-16-22)19-9-5-4-6-10-19/h4-6,9-10,17-18,20H,7-8,11-16H2,1-3H3. The topological polar surface area (TPSA) is 20.3 Å². The van der Waals surface area contributed by atoms with Gasteiger partial charge in [0.25, 0.3) is 0 Å². The van der Waals surface area contributed by atoms with E-state index in [1.807, 2.05) is 0 Å². The minimum absolute atomic E-state index is 0.0533. The molecular weight excluding hydrogens is 294 g/mol. The molecule has 1 aromatic rings. The van der Waals surface area contributed by atoms with Crippen LogP contribution in [0.5, 0.6) is 0 Å². The van der Waals surface area contributed by atoms with E-state index in [9.17, 15) is 4.79 Å². The third-order valence-electron chi connectivity index (χ3n) is 6.66. The van der Waals surface area contributed by atoms with E-state index in [2.05, 4.69) is 56.0 Å². The quantitative estimate of drug-likeness (QED) is 0.667. The molecule has 2 aliphatic carbocycles. The van der Waals surface area contributed by atoms with Crippen molar-refractivity contribution in [1.29, 1.82) is 0 Å². The first-order valence-electron chi connectivity index (χ1n) is 9.77.